The van der Waals surface area contributed by atoms with Gasteiger partial charge in [0.15, 0.2) is 0 Å². The van der Waals surface area contributed by atoms with Gasteiger partial charge in [0, 0.05) is 12.8 Å². The Morgan fingerprint density at radius 2 is 0.633 bits per heavy atom. The molecule has 0 saturated carbocycles. The predicted molar refractivity (Wildman–Crippen MR) is 347 cm³/mol. The van der Waals surface area contributed by atoms with Crippen molar-refractivity contribution in [3.05, 3.63) is 36.5 Å². The van der Waals surface area contributed by atoms with Gasteiger partial charge in [-0.2, -0.15) is 0 Å². The third-order valence-corrected chi connectivity index (χ3v) is 16.7. The van der Waals surface area contributed by atoms with Gasteiger partial charge in [0.05, 0.1) is 25.4 Å². The van der Waals surface area contributed by atoms with Crippen LogP contribution < -0.4 is 5.32 Å². The topological polar surface area (TPSA) is 95.9 Å². The molecule has 0 aromatic heterocycles. The van der Waals surface area contributed by atoms with Crippen LogP contribution in [-0.4, -0.2) is 47.4 Å². The second-order valence-corrected chi connectivity index (χ2v) is 24.6. The number of aliphatic hydroxyl groups excluding tert-OH is 2. The van der Waals surface area contributed by atoms with Crippen molar-refractivity contribution in [1.29, 1.82) is 0 Å². The number of amides is 1. The first-order chi connectivity index (χ1) is 39.0. The fourth-order valence-electron chi connectivity index (χ4n) is 11.2. The van der Waals surface area contributed by atoms with Gasteiger partial charge in [-0.1, -0.05) is 333 Å². The minimum Gasteiger partial charge on any atom is -0.466 e. The molecule has 0 spiro atoms. The molecule has 3 N–H and O–H groups in total. The van der Waals surface area contributed by atoms with Crippen LogP contribution in [0.2, 0.25) is 0 Å². The Bertz CT molecular complexity index is 1280. The van der Waals surface area contributed by atoms with E-state index in [0.29, 0.717) is 25.9 Å². The molecule has 1 amide bonds. The molecule has 0 aliphatic rings. The summed E-state index contributed by atoms with van der Waals surface area (Å²) in [7, 11) is 0. The number of rotatable bonds is 67. The predicted octanol–water partition coefficient (Wildman–Crippen LogP) is 23.1. The summed E-state index contributed by atoms with van der Waals surface area (Å²) in [5, 5.41) is 23.4. The molecule has 0 saturated heterocycles. The Morgan fingerprint density at radius 3 is 1.00 bits per heavy atom. The molecule has 0 fully saturated rings. The second kappa shape index (κ2) is 68.6. The Morgan fingerprint density at radius 1 is 0.354 bits per heavy atom. The lowest BCUT2D eigenvalue weighted by Crippen LogP contribution is -2.45. The van der Waals surface area contributed by atoms with E-state index in [-0.39, 0.29) is 18.5 Å². The van der Waals surface area contributed by atoms with E-state index >= 15 is 0 Å². The maximum absolute atomic E-state index is 12.6. The summed E-state index contributed by atoms with van der Waals surface area (Å²) >= 11 is 0. The summed E-state index contributed by atoms with van der Waals surface area (Å²) in [5.41, 5.74) is 0. The van der Waals surface area contributed by atoms with Crippen molar-refractivity contribution in [3.63, 3.8) is 0 Å². The van der Waals surface area contributed by atoms with Crippen LogP contribution in [-0.2, 0) is 14.3 Å². The Balaban J connectivity index is 3.41. The normalized spacial score (nSPS) is 12.7. The summed E-state index contributed by atoms with van der Waals surface area (Å²) in [6, 6.07) is -0.547. The lowest BCUT2D eigenvalue weighted by Gasteiger charge is -2.22. The third-order valence-electron chi connectivity index (χ3n) is 16.7. The highest BCUT2D eigenvalue weighted by atomic mass is 16.5. The quantitative estimate of drug-likeness (QED) is 0.0320. The summed E-state index contributed by atoms with van der Waals surface area (Å²) in [4.78, 5) is 24.6. The van der Waals surface area contributed by atoms with E-state index in [1.807, 2.05) is 0 Å². The molecule has 6 nitrogen and oxygen atoms in total. The molecule has 0 aliphatic heterocycles. The van der Waals surface area contributed by atoms with Crippen LogP contribution in [0.5, 0.6) is 0 Å². The Hall–Kier alpha value is -1.92. The van der Waals surface area contributed by atoms with Gasteiger partial charge in [0.25, 0.3) is 0 Å². The molecule has 0 rings (SSSR count). The van der Waals surface area contributed by atoms with Gasteiger partial charge in [-0.05, 0) is 83.5 Å². The Kier molecular flexibility index (Phi) is 66.9. The maximum atomic E-state index is 12.6. The molecule has 0 aromatic carbocycles. The van der Waals surface area contributed by atoms with Gasteiger partial charge in [0.1, 0.15) is 0 Å². The number of hydrogen-bond donors (Lipinski definition) is 3. The molecule has 2 unspecified atom stereocenters. The molecule has 0 heterocycles. The summed E-state index contributed by atoms with van der Waals surface area (Å²) in [6.45, 7) is 4.95. The average Bonchev–Trinajstić information content (AvgIpc) is 3.45. The van der Waals surface area contributed by atoms with Crippen molar-refractivity contribution in [1.82, 2.24) is 5.32 Å². The average molecular weight is 1110 g/mol. The van der Waals surface area contributed by atoms with Crippen LogP contribution in [0, 0.1) is 0 Å². The van der Waals surface area contributed by atoms with Crippen LogP contribution in [0.25, 0.3) is 0 Å². The van der Waals surface area contributed by atoms with Crippen molar-refractivity contribution in [2.45, 2.75) is 405 Å². The van der Waals surface area contributed by atoms with Crippen LogP contribution in [0.4, 0.5) is 0 Å². The van der Waals surface area contributed by atoms with Crippen LogP contribution in [0.15, 0.2) is 36.5 Å². The molecule has 79 heavy (non-hydrogen) atoms. The first kappa shape index (κ1) is 77.1. The first-order valence-corrected chi connectivity index (χ1v) is 35.7. The number of nitrogens with one attached hydrogen (secondary N) is 1. The summed E-state index contributed by atoms with van der Waals surface area (Å²) < 4.78 is 5.48. The number of allylic oxidation sites excluding steroid dienone is 6. The van der Waals surface area contributed by atoms with Crippen molar-refractivity contribution >= 4 is 11.9 Å². The highest BCUT2D eigenvalue weighted by Crippen LogP contribution is 2.19. The minimum absolute atomic E-state index is 0.000863. The van der Waals surface area contributed by atoms with Crippen molar-refractivity contribution in [3.8, 4) is 0 Å². The zero-order chi connectivity index (χ0) is 57.1. The molecular weight excluding hydrogens is 971 g/mol. The molecule has 0 aromatic rings. The minimum atomic E-state index is -0.669. The van der Waals surface area contributed by atoms with E-state index < -0.39 is 12.1 Å². The van der Waals surface area contributed by atoms with Crippen LogP contribution in [0.1, 0.15) is 393 Å². The number of esters is 1. The van der Waals surface area contributed by atoms with Gasteiger partial charge in [-0.3, -0.25) is 9.59 Å². The fourth-order valence-corrected chi connectivity index (χ4v) is 11.2. The number of hydrogen-bond acceptors (Lipinski definition) is 5. The largest absolute Gasteiger partial charge is 0.466 e. The molecule has 466 valence electrons. The van der Waals surface area contributed by atoms with Crippen molar-refractivity contribution in [2.75, 3.05) is 13.2 Å². The van der Waals surface area contributed by atoms with Crippen molar-refractivity contribution < 1.29 is 24.5 Å². The SMILES string of the molecule is CCCCC/C=C\C/C=C\CCCCCCCC(=O)OCCCCCCCCCCCCCC/C=C\CCCCCCCCCCC(=O)NC(CO)C(O)CCCCCCCCCCCCCCCCCCCCCCCCC. The first-order valence-electron chi connectivity index (χ1n) is 35.7. The zero-order valence-electron chi connectivity index (χ0n) is 53.4. The van der Waals surface area contributed by atoms with Crippen molar-refractivity contribution in [2.24, 2.45) is 0 Å². The van der Waals surface area contributed by atoms with Gasteiger partial charge in [-0.15, -0.1) is 0 Å². The van der Waals surface area contributed by atoms with E-state index in [2.05, 4.69) is 55.6 Å². The van der Waals surface area contributed by atoms with Gasteiger partial charge in [0.2, 0.25) is 5.91 Å². The maximum Gasteiger partial charge on any atom is 0.305 e. The molecular formula is C73H139NO5. The lowest BCUT2D eigenvalue weighted by atomic mass is 10.0. The van der Waals surface area contributed by atoms with Gasteiger partial charge >= 0.3 is 5.97 Å². The number of carbonyl (C=O) groups is 2. The second-order valence-electron chi connectivity index (χ2n) is 24.6. The number of unbranched alkanes of at least 4 members (excludes halogenated alkanes) is 50. The number of carbonyl (C=O) groups excluding carboxylic acids is 2. The highest BCUT2D eigenvalue weighted by Gasteiger charge is 2.20. The molecule has 0 aliphatic carbocycles. The lowest BCUT2D eigenvalue weighted by molar-refractivity contribution is -0.143. The molecule has 2 atom stereocenters. The van der Waals surface area contributed by atoms with E-state index in [0.717, 1.165) is 51.4 Å². The van der Waals surface area contributed by atoms with E-state index in [9.17, 15) is 19.8 Å². The third kappa shape index (κ3) is 65.1. The fraction of sp³-hybridized carbons (Fsp3) is 0.890. The van der Waals surface area contributed by atoms with E-state index in [1.165, 1.54) is 308 Å². The number of aliphatic hydroxyl groups is 2. The van der Waals surface area contributed by atoms with Crippen LogP contribution >= 0.6 is 0 Å². The molecule has 0 bridgehead atoms. The Labute approximate surface area is 494 Å². The van der Waals surface area contributed by atoms with E-state index in [4.69, 9.17) is 4.74 Å². The van der Waals surface area contributed by atoms with Crippen LogP contribution in [0.3, 0.4) is 0 Å². The van der Waals surface area contributed by atoms with Gasteiger partial charge < -0.3 is 20.3 Å². The summed E-state index contributed by atoms with van der Waals surface area (Å²) in [5.74, 6) is -0.0364. The monoisotopic (exact) mass is 1110 g/mol. The zero-order valence-corrected chi connectivity index (χ0v) is 53.4. The van der Waals surface area contributed by atoms with E-state index in [1.54, 1.807) is 0 Å². The van der Waals surface area contributed by atoms with Gasteiger partial charge in [-0.25, -0.2) is 0 Å². The standard InChI is InChI=1S/C73H139NO5/c1-3-5-7-9-11-13-15-17-19-20-21-22-25-28-31-34-38-41-45-49-53-57-61-65-71(76)70(69-75)74-72(77)66-62-58-54-50-46-42-39-35-32-29-26-23-24-27-30-33-36-40-44-48-52-56-60-64-68-79-73(78)67-63-59-55-51-47-43-37-18-16-14-12-10-8-6-4-2/h12,14,18,26,29,37,70-71,75-76H,3-11,13,15-17,19-25,27-28,30-36,38-69H2,1-2H3,(H,74,77)/b14-12-,29-26-,37-18-. The smallest absolute Gasteiger partial charge is 0.305 e. The molecule has 6 heteroatoms. The number of ether oxygens (including phenoxy) is 1. The summed E-state index contributed by atoms with van der Waals surface area (Å²) in [6.07, 6.45) is 87.6. The highest BCUT2D eigenvalue weighted by molar-refractivity contribution is 5.76. The molecule has 0 radical (unpaired) electrons.